The SMILES string of the molecule is C=CC(=O)N1CCN(c2nc(=O)n(-c3c(C)noc3C(C)C)c3nc(-c4c(O)cccc4F)c(Cl)cc23)C(C)C1. The monoisotopic (exact) mass is 566 g/mol. The second-order valence-corrected chi connectivity index (χ2v) is 10.5. The van der Waals surface area contributed by atoms with E-state index in [0.29, 0.717) is 48.0 Å². The Morgan fingerprint density at radius 1 is 1.30 bits per heavy atom. The Hall–Kier alpha value is -4.25. The minimum Gasteiger partial charge on any atom is -0.507 e. The van der Waals surface area contributed by atoms with Crippen LogP contribution in [-0.4, -0.2) is 61.3 Å². The Bertz CT molecular complexity index is 1700. The number of phenols is 1. The first-order valence-electron chi connectivity index (χ1n) is 12.8. The number of aromatic hydroxyl groups is 1. The highest BCUT2D eigenvalue weighted by Gasteiger charge is 2.31. The molecule has 3 aromatic heterocycles. The van der Waals surface area contributed by atoms with E-state index < -0.39 is 11.5 Å². The molecule has 0 radical (unpaired) electrons. The van der Waals surface area contributed by atoms with Crippen LogP contribution in [-0.2, 0) is 4.79 Å². The van der Waals surface area contributed by atoms with Crippen molar-refractivity contribution in [3.8, 4) is 22.7 Å². The van der Waals surface area contributed by atoms with Gasteiger partial charge in [-0.2, -0.15) is 4.98 Å². The summed E-state index contributed by atoms with van der Waals surface area (Å²) in [6.45, 7) is 12.2. The van der Waals surface area contributed by atoms with E-state index in [2.05, 4.69) is 21.7 Å². The number of nitrogens with zero attached hydrogens (tertiary/aromatic N) is 6. The van der Waals surface area contributed by atoms with E-state index in [1.54, 1.807) is 17.9 Å². The van der Waals surface area contributed by atoms with Crippen LogP contribution >= 0.6 is 11.6 Å². The second-order valence-electron chi connectivity index (χ2n) is 10.0. The van der Waals surface area contributed by atoms with Crippen molar-refractivity contribution in [1.82, 2.24) is 24.6 Å². The van der Waals surface area contributed by atoms with Gasteiger partial charge in [-0.05, 0) is 38.1 Å². The molecule has 1 atom stereocenters. The third kappa shape index (κ3) is 4.49. The molecule has 1 amide bonds. The van der Waals surface area contributed by atoms with E-state index in [1.165, 1.54) is 28.8 Å². The number of pyridine rings is 1. The Morgan fingerprint density at radius 2 is 2.05 bits per heavy atom. The van der Waals surface area contributed by atoms with Gasteiger partial charge in [-0.3, -0.25) is 4.79 Å². The van der Waals surface area contributed by atoms with Crippen LogP contribution in [0.3, 0.4) is 0 Å². The number of phenolic OH excluding ortho intramolecular Hbond substituents is 1. The third-order valence-electron chi connectivity index (χ3n) is 7.02. The normalized spacial score (nSPS) is 15.7. The van der Waals surface area contributed by atoms with Gasteiger partial charge in [-0.25, -0.2) is 18.7 Å². The summed E-state index contributed by atoms with van der Waals surface area (Å²) in [4.78, 5) is 38.7. The molecule has 1 aromatic carbocycles. The Labute approximate surface area is 234 Å². The van der Waals surface area contributed by atoms with E-state index in [1.807, 2.05) is 25.7 Å². The molecule has 1 aliphatic heterocycles. The predicted octanol–water partition coefficient (Wildman–Crippen LogP) is 4.59. The van der Waals surface area contributed by atoms with Gasteiger partial charge in [-0.15, -0.1) is 0 Å². The van der Waals surface area contributed by atoms with Crippen LogP contribution in [0.4, 0.5) is 10.2 Å². The van der Waals surface area contributed by atoms with Gasteiger partial charge in [0.25, 0.3) is 0 Å². The zero-order valence-electron chi connectivity index (χ0n) is 22.5. The van der Waals surface area contributed by atoms with E-state index in [4.69, 9.17) is 16.1 Å². The van der Waals surface area contributed by atoms with Crippen molar-refractivity contribution in [2.75, 3.05) is 24.5 Å². The number of fused-ring (bicyclic) bond motifs is 1. The van der Waals surface area contributed by atoms with Crippen molar-refractivity contribution in [1.29, 1.82) is 0 Å². The standard InChI is InChI=1S/C28H28ClFN6O4/c1-6-21(38)34-10-11-35(15(4)13-34)26-17-12-18(29)23(22-19(30)8-7-9-20(22)37)31-27(17)36(28(39)32-26)24-16(5)33-40-25(24)14(2)3/h6-9,12,14-15,37H,1,10-11,13H2,2-5H3. The molecule has 0 aliphatic carbocycles. The average Bonchev–Trinajstić information content (AvgIpc) is 3.29. The quantitative estimate of drug-likeness (QED) is 0.349. The number of carbonyl (C=O) groups excluding carboxylic acids is 1. The highest BCUT2D eigenvalue weighted by atomic mass is 35.5. The molecular formula is C28H28ClFN6O4. The number of amides is 1. The zero-order valence-corrected chi connectivity index (χ0v) is 23.2. The molecule has 10 nitrogen and oxygen atoms in total. The maximum absolute atomic E-state index is 14.9. The number of anilines is 1. The lowest BCUT2D eigenvalue weighted by Gasteiger charge is -2.40. The number of piperazine rings is 1. The van der Waals surface area contributed by atoms with E-state index in [9.17, 15) is 19.1 Å². The van der Waals surface area contributed by atoms with Crippen LogP contribution < -0.4 is 10.6 Å². The number of carbonyl (C=O) groups is 1. The maximum Gasteiger partial charge on any atom is 0.356 e. The van der Waals surface area contributed by atoms with Crippen molar-refractivity contribution in [2.45, 2.75) is 39.7 Å². The van der Waals surface area contributed by atoms with Crippen molar-refractivity contribution in [3.05, 3.63) is 69.7 Å². The summed E-state index contributed by atoms with van der Waals surface area (Å²) >= 11 is 6.67. The average molecular weight is 567 g/mol. The highest BCUT2D eigenvalue weighted by Crippen LogP contribution is 2.39. The van der Waals surface area contributed by atoms with Crippen LogP contribution in [0.25, 0.3) is 28.0 Å². The summed E-state index contributed by atoms with van der Waals surface area (Å²) in [5.41, 5.74) is 0.0937. The molecule has 1 fully saturated rings. The summed E-state index contributed by atoms with van der Waals surface area (Å²) < 4.78 is 21.8. The molecule has 12 heteroatoms. The van der Waals surface area contributed by atoms with Gasteiger partial charge in [0.1, 0.15) is 28.8 Å². The lowest BCUT2D eigenvalue weighted by molar-refractivity contribution is -0.126. The van der Waals surface area contributed by atoms with Crippen molar-refractivity contribution in [2.24, 2.45) is 0 Å². The van der Waals surface area contributed by atoms with Gasteiger partial charge in [0.2, 0.25) is 5.91 Å². The number of hydrogen-bond donors (Lipinski definition) is 1. The van der Waals surface area contributed by atoms with Crippen molar-refractivity contribution < 1.29 is 18.8 Å². The Kier molecular flexibility index (Phi) is 7.09. The first kappa shape index (κ1) is 27.3. The van der Waals surface area contributed by atoms with Crippen molar-refractivity contribution >= 4 is 34.4 Å². The smallest absolute Gasteiger partial charge is 0.356 e. The lowest BCUT2D eigenvalue weighted by Crippen LogP contribution is -2.54. The van der Waals surface area contributed by atoms with Gasteiger partial charge in [0.05, 0.1) is 21.7 Å². The molecule has 0 spiro atoms. The fourth-order valence-corrected chi connectivity index (χ4v) is 5.33. The molecule has 4 aromatic rings. The lowest BCUT2D eigenvalue weighted by atomic mass is 10.1. The molecule has 0 bridgehead atoms. The number of halogens is 2. The van der Waals surface area contributed by atoms with Crippen LogP contribution in [0.1, 0.15) is 38.1 Å². The second kappa shape index (κ2) is 10.4. The summed E-state index contributed by atoms with van der Waals surface area (Å²) in [6, 6.07) is 5.25. The fourth-order valence-electron chi connectivity index (χ4n) is 5.08. The Balaban J connectivity index is 1.81. The zero-order chi connectivity index (χ0) is 28.9. The number of rotatable bonds is 5. The maximum atomic E-state index is 14.9. The minimum atomic E-state index is -0.724. The summed E-state index contributed by atoms with van der Waals surface area (Å²) in [5.74, 6) is -0.602. The first-order chi connectivity index (χ1) is 19.0. The molecule has 5 rings (SSSR count). The molecule has 1 saturated heterocycles. The molecule has 1 aliphatic rings. The van der Waals surface area contributed by atoms with E-state index >= 15 is 0 Å². The van der Waals surface area contributed by atoms with Gasteiger partial charge < -0.3 is 19.4 Å². The summed E-state index contributed by atoms with van der Waals surface area (Å²) in [7, 11) is 0. The van der Waals surface area contributed by atoms with Gasteiger partial charge in [0, 0.05) is 31.6 Å². The molecule has 1 unspecified atom stereocenters. The van der Waals surface area contributed by atoms with E-state index in [-0.39, 0.29) is 45.5 Å². The molecule has 40 heavy (non-hydrogen) atoms. The summed E-state index contributed by atoms with van der Waals surface area (Å²) in [6.07, 6.45) is 1.27. The van der Waals surface area contributed by atoms with Crippen LogP contribution in [0, 0.1) is 12.7 Å². The predicted molar refractivity (Wildman–Crippen MR) is 150 cm³/mol. The number of aryl methyl sites for hydroxylation is 1. The number of aromatic nitrogens is 4. The highest BCUT2D eigenvalue weighted by molar-refractivity contribution is 6.34. The third-order valence-corrected chi connectivity index (χ3v) is 7.31. The molecular weight excluding hydrogens is 539 g/mol. The van der Waals surface area contributed by atoms with Gasteiger partial charge in [0.15, 0.2) is 11.4 Å². The first-order valence-corrected chi connectivity index (χ1v) is 13.2. The largest absolute Gasteiger partial charge is 0.507 e. The van der Waals surface area contributed by atoms with Crippen LogP contribution in [0.15, 0.2) is 46.2 Å². The van der Waals surface area contributed by atoms with Crippen LogP contribution in [0.2, 0.25) is 5.02 Å². The van der Waals surface area contributed by atoms with Crippen LogP contribution in [0.5, 0.6) is 5.75 Å². The summed E-state index contributed by atoms with van der Waals surface area (Å²) in [5, 5.41) is 15.1. The number of benzene rings is 1. The minimum absolute atomic E-state index is 0.0373. The van der Waals surface area contributed by atoms with Gasteiger partial charge in [-0.1, -0.05) is 43.3 Å². The molecule has 4 heterocycles. The fraction of sp³-hybridized carbons (Fsp3) is 0.321. The number of hydrogen-bond acceptors (Lipinski definition) is 8. The molecule has 0 saturated carbocycles. The van der Waals surface area contributed by atoms with Crippen molar-refractivity contribution in [3.63, 3.8) is 0 Å². The Morgan fingerprint density at radius 3 is 2.70 bits per heavy atom. The topological polar surface area (TPSA) is 118 Å². The molecule has 1 N–H and O–H groups in total. The molecule has 208 valence electrons. The van der Waals surface area contributed by atoms with Gasteiger partial charge >= 0.3 is 5.69 Å². The van der Waals surface area contributed by atoms with E-state index in [0.717, 1.165) is 0 Å².